The molecule has 1 atom stereocenters. The highest BCUT2D eigenvalue weighted by molar-refractivity contribution is 7.89. The van der Waals surface area contributed by atoms with Crippen molar-refractivity contribution in [3.8, 4) is 0 Å². The lowest BCUT2D eigenvalue weighted by Gasteiger charge is -2.31. The molecule has 152 valence electrons. The number of aryl methyl sites for hydroxylation is 1. The number of hydrogen-bond donors (Lipinski definition) is 1. The summed E-state index contributed by atoms with van der Waals surface area (Å²) in [6.45, 7) is 1.87. The maximum absolute atomic E-state index is 12.9. The van der Waals surface area contributed by atoms with Gasteiger partial charge in [-0.3, -0.25) is 0 Å². The molecule has 0 aliphatic heterocycles. The fourth-order valence-corrected chi connectivity index (χ4v) is 5.03. The fourth-order valence-electron chi connectivity index (χ4n) is 3.74. The van der Waals surface area contributed by atoms with Gasteiger partial charge in [-0.05, 0) is 55.5 Å². The molecule has 3 nitrogen and oxygen atoms in total. The van der Waals surface area contributed by atoms with E-state index in [0.717, 1.165) is 49.8 Å². The Labute approximate surface area is 164 Å². The van der Waals surface area contributed by atoms with Crippen molar-refractivity contribution in [3.05, 3.63) is 65.2 Å². The zero-order valence-electron chi connectivity index (χ0n) is 15.7. The van der Waals surface area contributed by atoms with Crippen molar-refractivity contribution < 1.29 is 21.6 Å². The van der Waals surface area contributed by atoms with Crippen LogP contribution in [0.3, 0.4) is 0 Å². The van der Waals surface area contributed by atoms with Crippen molar-refractivity contribution in [2.24, 2.45) is 5.92 Å². The Morgan fingerprint density at radius 3 is 2.04 bits per heavy atom. The zero-order valence-corrected chi connectivity index (χ0v) is 16.5. The molecule has 2 aromatic carbocycles. The van der Waals surface area contributed by atoms with Gasteiger partial charge in [0.25, 0.3) is 0 Å². The lowest BCUT2D eigenvalue weighted by molar-refractivity contribution is -0.137. The highest BCUT2D eigenvalue weighted by Gasteiger charge is 2.32. The van der Waals surface area contributed by atoms with Crippen LogP contribution in [0.15, 0.2) is 53.4 Å². The number of alkyl halides is 3. The van der Waals surface area contributed by atoms with Gasteiger partial charge in [-0.25, -0.2) is 13.1 Å². The van der Waals surface area contributed by atoms with Crippen molar-refractivity contribution in [3.63, 3.8) is 0 Å². The van der Waals surface area contributed by atoms with E-state index in [1.54, 1.807) is 24.3 Å². The van der Waals surface area contributed by atoms with Gasteiger partial charge in [-0.15, -0.1) is 0 Å². The summed E-state index contributed by atoms with van der Waals surface area (Å²) in [5.74, 6) is 0.0608. The van der Waals surface area contributed by atoms with E-state index in [-0.39, 0.29) is 10.8 Å². The Morgan fingerprint density at radius 1 is 0.929 bits per heavy atom. The van der Waals surface area contributed by atoms with E-state index in [1.807, 2.05) is 6.92 Å². The summed E-state index contributed by atoms with van der Waals surface area (Å²) in [5.41, 5.74) is 0.779. The molecule has 0 radical (unpaired) electrons. The number of sulfonamides is 1. The van der Waals surface area contributed by atoms with Gasteiger partial charge in [0.1, 0.15) is 0 Å². The van der Waals surface area contributed by atoms with E-state index < -0.39 is 27.8 Å². The normalized spacial score (nSPS) is 17.4. The van der Waals surface area contributed by atoms with Gasteiger partial charge in [0.2, 0.25) is 10.0 Å². The summed E-state index contributed by atoms with van der Waals surface area (Å²) >= 11 is 0. The van der Waals surface area contributed by atoms with E-state index in [0.29, 0.717) is 5.56 Å². The molecule has 1 N–H and O–H groups in total. The van der Waals surface area contributed by atoms with Crippen LogP contribution in [0.5, 0.6) is 0 Å². The monoisotopic (exact) mass is 411 g/mol. The average Bonchev–Trinajstić information content (AvgIpc) is 2.67. The van der Waals surface area contributed by atoms with E-state index in [4.69, 9.17) is 0 Å². The van der Waals surface area contributed by atoms with Crippen molar-refractivity contribution in [2.45, 2.75) is 56.1 Å². The maximum atomic E-state index is 12.9. The number of nitrogens with one attached hydrogen (secondary N) is 1. The topological polar surface area (TPSA) is 46.2 Å². The first-order valence-corrected chi connectivity index (χ1v) is 10.9. The molecule has 1 unspecified atom stereocenters. The van der Waals surface area contributed by atoms with Gasteiger partial charge < -0.3 is 0 Å². The molecule has 0 amide bonds. The van der Waals surface area contributed by atoms with E-state index in [9.17, 15) is 21.6 Å². The van der Waals surface area contributed by atoms with Crippen LogP contribution in [0.2, 0.25) is 0 Å². The Kier molecular flexibility index (Phi) is 6.15. The molecule has 0 heterocycles. The minimum atomic E-state index is -4.42. The van der Waals surface area contributed by atoms with Gasteiger partial charge in [0, 0.05) is 6.04 Å². The van der Waals surface area contributed by atoms with Crippen molar-refractivity contribution in [2.75, 3.05) is 0 Å². The maximum Gasteiger partial charge on any atom is 0.416 e. The first kappa shape index (κ1) is 20.9. The highest BCUT2D eigenvalue weighted by Crippen LogP contribution is 2.37. The summed E-state index contributed by atoms with van der Waals surface area (Å²) in [7, 11) is -3.78. The minimum Gasteiger partial charge on any atom is -0.207 e. The smallest absolute Gasteiger partial charge is 0.207 e. The molecular formula is C21H24F3NO2S. The van der Waals surface area contributed by atoms with Gasteiger partial charge in [0.05, 0.1) is 10.5 Å². The predicted molar refractivity (Wildman–Crippen MR) is 102 cm³/mol. The Balaban J connectivity index is 1.92. The van der Waals surface area contributed by atoms with E-state index in [2.05, 4.69) is 4.72 Å². The summed E-state index contributed by atoms with van der Waals surface area (Å²) < 4.78 is 67.2. The molecule has 28 heavy (non-hydrogen) atoms. The fraction of sp³-hybridized carbons (Fsp3) is 0.429. The lowest BCUT2D eigenvalue weighted by atomic mass is 9.81. The summed E-state index contributed by atoms with van der Waals surface area (Å²) in [5, 5.41) is 0. The lowest BCUT2D eigenvalue weighted by Crippen LogP contribution is -2.34. The van der Waals surface area contributed by atoms with Crippen LogP contribution in [0, 0.1) is 12.8 Å². The van der Waals surface area contributed by atoms with Crippen molar-refractivity contribution in [1.82, 2.24) is 4.72 Å². The molecule has 1 aliphatic carbocycles. The molecule has 0 bridgehead atoms. The van der Waals surface area contributed by atoms with Crippen LogP contribution in [0.4, 0.5) is 13.2 Å². The number of hydrogen-bond acceptors (Lipinski definition) is 2. The molecule has 1 saturated carbocycles. The quantitative estimate of drug-likeness (QED) is 0.695. The molecule has 0 spiro atoms. The number of benzene rings is 2. The van der Waals surface area contributed by atoms with Gasteiger partial charge >= 0.3 is 6.18 Å². The summed E-state index contributed by atoms with van der Waals surface area (Å²) in [6, 6.07) is 10.8. The van der Waals surface area contributed by atoms with Crippen LogP contribution >= 0.6 is 0 Å². The SMILES string of the molecule is Cc1ccc(S(=O)(=O)NC(c2ccc(C(F)(F)F)cc2)C2CCCCC2)cc1. The van der Waals surface area contributed by atoms with Crippen LogP contribution in [-0.4, -0.2) is 8.42 Å². The molecule has 2 aromatic rings. The molecule has 1 aliphatic rings. The van der Waals surface area contributed by atoms with Crippen molar-refractivity contribution >= 4 is 10.0 Å². The number of rotatable bonds is 5. The Bertz CT molecular complexity index is 885. The summed E-state index contributed by atoms with van der Waals surface area (Å²) in [4.78, 5) is 0.158. The second kappa shape index (κ2) is 8.25. The van der Waals surface area contributed by atoms with Crippen LogP contribution in [0.1, 0.15) is 54.8 Å². The van der Waals surface area contributed by atoms with Crippen LogP contribution < -0.4 is 4.72 Å². The third kappa shape index (κ3) is 4.94. The van der Waals surface area contributed by atoms with Gasteiger partial charge in [0.15, 0.2) is 0 Å². The van der Waals surface area contributed by atoms with E-state index >= 15 is 0 Å². The third-order valence-electron chi connectivity index (χ3n) is 5.33. The van der Waals surface area contributed by atoms with E-state index in [1.165, 1.54) is 12.1 Å². The molecule has 3 rings (SSSR count). The Morgan fingerprint density at radius 2 is 1.50 bits per heavy atom. The van der Waals surface area contributed by atoms with Crippen LogP contribution in [-0.2, 0) is 16.2 Å². The first-order valence-electron chi connectivity index (χ1n) is 9.43. The molecular weight excluding hydrogens is 387 g/mol. The second-order valence-electron chi connectivity index (χ2n) is 7.43. The van der Waals surface area contributed by atoms with Crippen molar-refractivity contribution in [1.29, 1.82) is 0 Å². The molecule has 0 saturated heterocycles. The Hall–Kier alpha value is -1.86. The number of halogens is 3. The predicted octanol–water partition coefficient (Wildman–Crippen LogP) is 5.61. The molecule has 0 aromatic heterocycles. The largest absolute Gasteiger partial charge is 0.416 e. The molecule has 7 heteroatoms. The van der Waals surface area contributed by atoms with Gasteiger partial charge in [-0.2, -0.15) is 13.2 Å². The summed E-state index contributed by atoms with van der Waals surface area (Å²) in [6.07, 6.45) is 0.369. The highest BCUT2D eigenvalue weighted by atomic mass is 32.2. The second-order valence-corrected chi connectivity index (χ2v) is 9.14. The average molecular weight is 411 g/mol. The van der Waals surface area contributed by atoms with Crippen LogP contribution in [0.25, 0.3) is 0 Å². The third-order valence-corrected chi connectivity index (χ3v) is 6.79. The zero-order chi connectivity index (χ0) is 20.4. The molecule has 1 fully saturated rings. The van der Waals surface area contributed by atoms with Gasteiger partial charge in [-0.1, -0.05) is 49.1 Å². The first-order chi connectivity index (χ1) is 13.2. The standard InChI is InChI=1S/C21H24F3NO2S/c1-15-7-13-19(14-8-15)28(26,27)25-20(16-5-3-2-4-6-16)17-9-11-18(12-10-17)21(22,23)24/h7-14,16,20,25H,2-6H2,1H3. The minimum absolute atomic E-state index is 0.0608.